The second-order valence-electron chi connectivity index (χ2n) is 3.94. The van der Waals surface area contributed by atoms with E-state index in [-0.39, 0.29) is 23.5 Å². The van der Waals surface area contributed by atoms with Gasteiger partial charge in [0.2, 0.25) is 5.89 Å². The average molecular weight is 292 g/mol. The van der Waals surface area contributed by atoms with Crippen molar-refractivity contribution in [2.75, 3.05) is 12.0 Å². The highest BCUT2D eigenvalue weighted by Crippen LogP contribution is 2.27. The Balaban J connectivity index is 2.08. The number of nitrogens with one attached hydrogen (secondary N) is 2. The van der Waals surface area contributed by atoms with Gasteiger partial charge in [0.05, 0.1) is 10.5 Å². The molecule has 0 atom stereocenters. The van der Waals surface area contributed by atoms with Crippen molar-refractivity contribution in [2.45, 2.75) is 6.42 Å². The second-order valence-corrected chi connectivity index (χ2v) is 3.94. The summed E-state index contributed by atoms with van der Waals surface area (Å²) in [5, 5.41) is 16.9. The molecule has 10 heteroatoms. The van der Waals surface area contributed by atoms with Gasteiger partial charge in [0.25, 0.3) is 11.6 Å². The highest BCUT2D eigenvalue weighted by atomic mass is 16.6. The third-order valence-electron chi connectivity index (χ3n) is 2.66. The third kappa shape index (κ3) is 3.30. The molecule has 1 amide bonds. The van der Waals surface area contributed by atoms with E-state index in [2.05, 4.69) is 20.9 Å². The van der Waals surface area contributed by atoms with Gasteiger partial charge in [-0.25, -0.2) is 0 Å². The van der Waals surface area contributed by atoms with Crippen molar-refractivity contribution >= 4 is 17.3 Å². The first kappa shape index (κ1) is 14.4. The number of aromatic nitrogens is 2. The van der Waals surface area contributed by atoms with E-state index < -0.39 is 10.8 Å². The number of rotatable bonds is 6. The highest BCUT2D eigenvalue weighted by molar-refractivity contribution is 6.01. The smallest absolute Gasteiger partial charge is 0.294 e. The van der Waals surface area contributed by atoms with Gasteiger partial charge in [-0.1, -0.05) is 11.2 Å². The van der Waals surface area contributed by atoms with Crippen LogP contribution in [0.4, 0.5) is 11.4 Å². The lowest BCUT2D eigenvalue weighted by atomic mass is 10.1. The van der Waals surface area contributed by atoms with E-state index in [1.807, 2.05) is 0 Å². The van der Waals surface area contributed by atoms with E-state index in [0.29, 0.717) is 12.3 Å². The van der Waals surface area contributed by atoms with Crippen LogP contribution in [0.25, 0.3) is 0 Å². The third-order valence-corrected chi connectivity index (χ3v) is 2.66. The molecule has 0 aliphatic carbocycles. The van der Waals surface area contributed by atoms with Gasteiger partial charge in [0, 0.05) is 19.0 Å². The largest absolute Gasteiger partial charge is 0.351 e. The van der Waals surface area contributed by atoms with Crippen molar-refractivity contribution in [2.24, 2.45) is 5.84 Å². The van der Waals surface area contributed by atoms with Crippen molar-refractivity contribution in [3.05, 3.63) is 46.1 Å². The predicted octanol–water partition coefficient (Wildman–Crippen LogP) is 0.236. The van der Waals surface area contributed by atoms with Crippen LogP contribution in [0, 0.1) is 10.1 Å². The molecule has 0 saturated carbocycles. The van der Waals surface area contributed by atoms with Crippen LogP contribution in [0.3, 0.4) is 0 Å². The Morgan fingerprint density at radius 2 is 2.29 bits per heavy atom. The van der Waals surface area contributed by atoms with Gasteiger partial charge in [-0.3, -0.25) is 20.8 Å². The summed E-state index contributed by atoms with van der Waals surface area (Å²) < 4.78 is 4.78. The molecule has 21 heavy (non-hydrogen) atoms. The Morgan fingerprint density at radius 1 is 1.48 bits per heavy atom. The van der Waals surface area contributed by atoms with E-state index in [9.17, 15) is 14.9 Å². The quantitative estimate of drug-likeness (QED) is 0.389. The highest BCUT2D eigenvalue weighted by Gasteiger charge is 2.20. The summed E-state index contributed by atoms with van der Waals surface area (Å²) >= 11 is 0. The number of hydrogen-bond acceptors (Lipinski definition) is 8. The Morgan fingerprint density at radius 3 is 2.90 bits per heavy atom. The van der Waals surface area contributed by atoms with Crippen LogP contribution >= 0.6 is 0 Å². The summed E-state index contributed by atoms with van der Waals surface area (Å²) in [5.74, 6) is 5.15. The minimum Gasteiger partial charge on any atom is -0.351 e. The first-order chi connectivity index (χ1) is 10.1. The molecular formula is C11H12N6O4. The maximum atomic E-state index is 12.0. The fraction of sp³-hybridized carbons (Fsp3) is 0.182. The average Bonchev–Trinajstić information content (AvgIpc) is 2.99. The molecule has 2 aromatic rings. The number of carbonyl (C=O) groups excluding carboxylic acids is 1. The zero-order valence-corrected chi connectivity index (χ0v) is 10.8. The van der Waals surface area contributed by atoms with Gasteiger partial charge < -0.3 is 15.3 Å². The maximum Gasteiger partial charge on any atom is 0.294 e. The first-order valence-electron chi connectivity index (χ1n) is 5.91. The number of nitro benzene ring substituents is 1. The number of nitrogens with zero attached hydrogens (tertiary/aromatic N) is 3. The minimum atomic E-state index is -0.621. The first-order valence-corrected chi connectivity index (χ1v) is 5.91. The van der Waals surface area contributed by atoms with Crippen molar-refractivity contribution in [3.8, 4) is 0 Å². The van der Waals surface area contributed by atoms with Gasteiger partial charge in [-0.15, -0.1) is 0 Å². The lowest BCUT2D eigenvalue weighted by Gasteiger charge is -2.09. The molecule has 0 radical (unpaired) electrons. The van der Waals surface area contributed by atoms with Crippen LogP contribution in [-0.2, 0) is 6.42 Å². The number of nitrogens with two attached hydrogens (primary N) is 1. The van der Waals surface area contributed by atoms with Crippen molar-refractivity contribution in [1.29, 1.82) is 0 Å². The van der Waals surface area contributed by atoms with E-state index in [1.54, 1.807) is 0 Å². The topological polar surface area (TPSA) is 149 Å². The summed E-state index contributed by atoms with van der Waals surface area (Å²) in [5.41, 5.74) is 1.95. The predicted molar refractivity (Wildman–Crippen MR) is 71.2 cm³/mol. The monoisotopic (exact) mass is 292 g/mol. The summed E-state index contributed by atoms with van der Waals surface area (Å²) in [4.78, 5) is 26.1. The Hall–Kier alpha value is -3.01. The standard InChI is InChI=1S/C11H12N6O4/c12-16-10-7(2-1-3-8(10)17(19)20)11(18)13-5-4-9-14-6-15-21-9/h1-3,6,16H,4-5,12H2,(H,13,18). The summed E-state index contributed by atoms with van der Waals surface area (Å²) in [6.07, 6.45) is 1.61. The van der Waals surface area contributed by atoms with Gasteiger partial charge in [0.15, 0.2) is 6.33 Å². The number of nitrogen functional groups attached to an aromatic ring is 1. The SMILES string of the molecule is NNc1c(C(=O)NCCc2ncno2)cccc1[N+](=O)[O-]. The number of hydrazine groups is 1. The molecular weight excluding hydrogens is 280 g/mol. The van der Waals surface area contributed by atoms with Crippen molar-refractivity contribution in [1.82, 2.24) is 15.5 Å². The number of anilines is 1. The Kier molecular flexibility index (Phi) is 4.41. The lowest BCUT2D eigenvalue weighted by molar-refractivity contribution is -0.384. The molecule has 0 aliphatic rings. The number of para-hydroxylation sites is 1. The Bertz CT molecular complexity index is 642. The van der Waals surface area contributed by atoms with Crippen LogP contribution in [0.5, 0.6) is 0 Å². The van der Waals surface area contributed by atoms with Gasteiger partial charge in [-0.2, -0.15) is 4.98 Å². The molecule has 110 valence electrons. The van der Waals surface area contributed by atoms with E-state index in [0.717, 1.165) is 0 Å². The van der Waals surface area contributed by atoms with E-state index >= 15 is 0 Å². The summed E-state index contributed by atoms with van der Waals surface area (Å²) in [7, 11) is 0. The number of amides is 1. The van der Waals surface area contributed by atoms with Crippen LogP contribution in [0.15, 0.2) is 29.0 Å². The molecule has 4 N–H and O–H groups in total. The van der Waals surface area contributed by atoms with Crippen LogP contribution in [0.1, 0.15) is 16.2 Å². The van der Waals surface area contributed by atoms with E-state index in [4.69, 9.17) is 10.4 Å². The second kappa shape index (κ2) is 6.43. The molecule has 0 unspecified atom stereocenters. The molecule has 0 spiro atoms. The van der Waals surface area contributed by atoms with Gasteiger partial charge in [-0.05, 0) is 6.07 Å². The fourth-order valence-corrected chi connectivity index (χ4v) is 1.72. The number of nitro groups is 1. The van der Waals surface area contributed by atoms with Crippen molar-refractivity contribution < 1.29 is 14.2 Å². The molecule has 1 aromatic heterocycles. The van der Waals surface area contributed by atoms with Crippen LogP contribution in [0.2, 0.25) is 0 Å². The Labute approximate surface area is 118 Å². The summed E-state index contributed by atoms with van der Waals surface area (Å²) in [6, 6.07) is 4.10. The molecule has 1 heterocycles. The van der Waals surface area contributed by atoms with Gasteiger partial charge >= 0.3 is 0 Å². The number of hydrogen-bond donors (Lipinski definition) is 3. The number of carbonyl (C=O) groups is 1. The van der Waals surface area contributed by atoms with E-state index in [1.165, 1.54) is 24.5 Å². The maximum absolute atomic E-state index is 12.0. The van der Waals surface area contributed by atoms with Crippen LogP contribution < -0.4 is 16.6 Å². The van der Waals surface area contributed by atoms with Crippen molar-refractivity contribution in [3.63, 3.8) is 0 Å². The van der Waals surface area contributed by atoms with Crippen LogP contribution in [-0.4, -0.2) is 27.5 Å². The fourth-order valence-electron chi connectivity index (χ4n) is 1.72. The molecule has 0 fully saturated rings. The molecule has 0 saturated heterocycles. The zero-order valence-electron chi connectivity index (χ0n) is 10.8. The molecule has 1 aromatic carbocycles. The minimum absolute atomic E-state index is 0.0437. The normalized spacial score (nSPS) is 10.1. The lowest BCUT2D eigenvalue weighted by Crippen LogP contribution is -2.27. The zero-order chi connectivity index (χ0) is 15.2. The summed E-state index contributed by atoms with van der Waals surface area (Å²) in [6.45, 7) is 0.244. The molecule has 2 rings (SSSR count). The number of benzene rings is 1. The molecule has 0 aliphatic heterocycles. The molecule has 10 nitrogen and oxygen atoms in total. The molecule has 0 bridgehead atoms. The van der Waals surface area contributed by atoms with Gasteiger partial charge in [0.1, 0.15) is 5.69 Å².